The molecule has 0 saturated heterocycles. The van der Waals surface area contributed by atoms with Crippen LogP contribution in [0.4, 0.5) is 5.69 Å². The molecule has 0 atom stereocenters. The number of non-ortho nitro benzene ring substituents is 1. The minimum absolute atomic E-state index is 0.0235. The summed E-state index contributed by atoms with van der Waals surface area (Å²) in [5, 5.41) is 17.7. The first-order valence-corrected chi connectivity index (χ1v) is 6.09. The van der Waals surface area contributed by atoms with Gasteiger partial charge in [-0.05, 0) is 6.07 Å². The number of hydrogen-bond donors (Lipinski definition) is 1. The van der Waals surface area contributed by atoms with E-state index in [2.05, 4.69) is 15.2 Å². The summed E-state index contributed by atoms with van der Waals surface area (Å²) in [6, 6.07) is 6.11. The van der Waals surface area contributed by atoms with E-state index in [1.807, 2.05) is 0 Å². The fourth-order valence-electron chi connectivity index (χ4n) is 1.25. The number of aromatic amines is 1. The predicted molar refractivity (Wildman–Crippen MR) is 65.7 cm³/mol. The number of nitro benzene ring substituents is 1. The van der Waals surface area contributed by atoms with Crippen molar-refractivity contribution in [3.63, 3.8) is 0 Å². The molecule has 0 bridgehead atoms. The zero-order valence-corrected chi connectivity index (χ0v) is 10.1. The van der Waals surface area contributed by atoms with Gasteiger partial charge in [-0.2, -0.15) is 5.10 Å². The summed E-state index contributed by atoms with van der Waals surface area (Å²) in [4.78, 5) is 14.1. The second-order valence-electron chi connectivity index (χ2n) is 3.24. The molecule has 94 valence electrons. The first kappa shape index (κ1) is 12.4. The molecule has 0 aliphatic heterocycles. The Labute approximate surface area is 107 Å². The Morgan fingerprint density at radius 2 is 2.39 bits per heavy atom. The average Bonchev–Trinajstić information content (AvgIpc) is 2.88. The summed E-state index contributed by atoms with van der Waals surface area (Å²) in [7, 11) is 0. The van der Waals surface area contributed by atoms with Gasteiger partial charge in [-0.25, -0.2) is 4.98 Å². The lowest BCUT2D eigenvalue weighted by Crippen LogP contribution is -2.00. The molecule has 7 nitrogen and oxygen atoms in total. The molecule has 0 spiro atoms. The quantitative estimate of drug-likeness (QED) is 0.371. The summed E-state index contributed by atoms with van der Waals surface area (Å²) in [5.74, 6) is 1.17. The number of rotatable bonds is 6. The van der Waals surface area contributed by atoms with Crippen molar-refractivity contribution in [1.82, 2.24) is 15.2 Å². The molecule has 1 aromatic carbocycles. The third-order valence-corrected chi connectivity index (χ3v) is 2.85. The number of nitrogens with zero attached hydrogens (tertiary/aromatic N) is 3. The van der Waals surface area contributed by atoms with Crippen molar-refractivity contribution in [3.8, 4) is 5.75 Å². The molecule has 0 saturated carbocycles. The highest BCUT2D eigenvalue weighted by Gasteiger charge is 2.06. The Morgan fingerprint density at radius 3 is 3.11 bits per heavy atom. The Bertz CT molecular complexity index is 518. The number of nitrogens with one attached hydrogen (secondary N) is 1. The van der Waals surface area contributed by atoms with Crippen LogP contribution in [0.5, 0.6) is 5.75 Å². The number of benzene rings is 1. The highest BCUT2D eigenvalue weighted by atomic mass is 32.2. The summed E-state index contributed by atoms with van der Waals surface area (Å²) < 4.78 is 5.41. The van der Waals surface area contributed by atoms with Gasteiger partial charge in [0.1, 0.15) is 12.1 Å². The van der Waals surface area contributed by atoms with Crippen molar-refractivity contribution in [2.75, 3.05) is 12.4 Å². The minimum atomic E-state index is -0.448. The number of H-pyrrole nitrogens is 1. The molecule has 0 aliphatic carbocycles. The normalized spacial score (nSPS) is 10.2. The minimum Gasteiger partial charge on any atom is -0.492 e. The highest BCUT2D eigenvalue weighted by molar-refractivity contribution is 7.99. The van der Waals surface area contributed by atoms with Crippen LogP contribution in [-0.2, 0) is 0 Å². The van der Waals surface area contributed by atoms with E-state index in [1.165, 1.54) is 30.2 Å². The Kier molecular flexibility index (Phi) is 4.13. The van der Waals surface area contributed by atoms with Gasteiger partial charge in [-0.1, -0.05) is 17.8 Å². The SMILES string of the molecule is O=[N+]([O-])c1cccc(OCCSc2ncn[nH]2)c1. The van der Waals surface area contributed by atoms with E-state index >= 15 is 0 Å². The number of nitro groups is 1. The van der Waals surface area contributed by atoms with Crippen LogP contribution in [0.2, 0.25) is 0 Å². The highest BCUT2D eigenvalue weighted by Crippen LogP contribution is 2.19. The first-order chi connectivity index (χ1) is 8.75. The van der Waals surface area contributed by atoms with Gasteiger partial charge in [0.15, 0.2) is 5.16 Å². The van der Waals surface area contributed by atoms with Crippen LogP contribution in [0.15, 0.2) is 35.7 Å². The van der Waals surface area contributed by atoms with Gasteiger partial charge in [0.2, 0.25) is 0 Å². The molecular formula is C10H10N4O3S. The summed E-state index contributed by atoms with van der Waals surface area (Å²) in [5.41, 5.74) is 0.0235. The van der Waals surface area contributed by atoms with Gasteiger partial charge in [0.25, 0.3) is 5.69 Å². The molecule has 0 radical (unpaired) electrons. The molecule has 0 amide bonds. The molecule has 1 N–H and O–H groups in total. The van der Waals surface area contributed by atoms with Crippen molar-refractivity contribution in [3.05, 3.63) is 40.7 Å². The summed E-state index contributed by atoms with van der Waals surface area (Å²) in [6.45, 7) is 0.437. The van der Waals surface area contributed by atoms with Crippen LogP contribution in [0, 0.1) is 10.1 Å². The molecule has 2 aromatic rings. The topological polar surface area (TPSA) is 93.9 Å². The van der Waals surface area contributed by atoms with Crippen LogP contribution in [0.25, 0.3) is 0 Å². The van der Waals surface area contributed by atoms with Gasteiger partial charge < -0.3 is 4.74 Å². The van der Waals surface area contributed by atoms with Crippen molar-refractivity contribution in [2.45, 2.75) is 5.16 Å². The van der Waals surface area contributed by atoms with Gasteiger partial charge in [-0.3, -0.25) is 15.2 Å². The van der Waals surface area contributed by atoms with Crippen LogP contribution in [-0.4, -0.2) is 32.5 Å². The Hall–Kier alpha value is -2.09. The van der Waals surface area contributed by atoms with Crippen LogP contribution in [0.1, 0.15) is 0 Å². The second-order valence-corrected chi connectivity index (χ2v) is 4.33. The van der Waals surface area contributed by atoms with E-state index in [1.54, 1.807) is 12.1 Å². The molecule has 0 fully saturated rings. The third-order valence-electron chi connectivity index (χ3n) is 2.01. The van der Waals surface area contributed by atoms with Crippen LogP contribution < -0.4 is 4.74 Å². The lowest BCUT2D eigenvalue weighted by atomic mass is 10.3. The van der Waals surface area contributed by atoms with E-state index in [-0.39, 0.29) is 5.69 Å². The van der Waals surface area contributed by atoms with E-state index < -0.39 is 4.92 Å². The molecule has 1 aromatic heterocycles. The zero-order valence-electron chi connectivity index (χ0n) is 9.28. The van der Waals surface area contributed by atoms with Crippen LogP contribution >= 0.6 is 11.8 Å². The number of thioether (sulfide) groups is 1. The molecule has 1 heterocycles. The smallest absolute Gasteiger partial charge is 0.273 e. The third kappa shape index (κ3) is 3.45. The maximum absolute atomic E-state index is 10.6. The maximum Gasteiger partial charge on any atom is 0.273 e. The molecule has 0 unspecified atom stereocenters. The summed E-state index contributed by atoms with van der Waals surface area (Å²) >= 11 is 1.47. The lowest BCUT2D eigenvalue weighted by molar-refractivity contribution is -0.384. The fourth-order valence-corrected chi connectivity index (χ4v) is 1.85. The Morgan fingerprint density at radius 1 is 1.50 bits per heavy atom. The zero-order chi connectivity index (χ0) is 12.8. The molecule has 18 heavy (non-hydrogen) atoms. The largest absolute Gasteiger partial charge is 0.492 e. The molecular weight excluding hydrogens is 256 g/mol. The maximum atomic E-state index is 10.6. The molecule has 8 heteroatoms. The standard InChI is InChI=1S/C10H10N4O3S/c15-14(16)8-2-1-3-9(6-8)17-4-5-18-10-11-7-12-13-10/h1-3,6-7H,4-5H2,(H,11,12,13). The van der Waals surface area contributed by atoms with Crippen molar-refractivity contribution in [2.24, 2.45) is 0 Å². The van der Waals surface area contributed by atoms with E-state index in [0.717, 1.165) is 5.16 Å². The molecule has 0 aliphatic rings. The van der Waals surface area contributed by atoms with Crippen molar-refractivity contribution in [1.29, 1.82) is 0 Å². The van der Waals surface area contributed by atoms with E-state index in [4.69, 9.17) is 4.74 Å². The predicted octanol–water partition coefficient (Wildman–Crippen LogP) is 1.88. The summed E-state index contributed by atoms with van der Waals surface area (Å²) in [6.07, 6.45) is 1.43. The monoisotopic (exact) mass is 266 g/mol. The van der Waals surface area contributed by atoms with Gasteiger partial charge in [0.05, 0.1) is 17.6 Å². The van der Waals surface area contributed by atoms with Crippen molar-refractivity contribution < 1.29 is 9.66 Å². The van der Waals surface area contributed by atoms with Crippen LogP contribution in [0.3, 0.4) is 0 Å². The lowest BCUT2D eigenvalue weighted by Gasteiger charge is -2.04. The van der Waals surface area contributed by atoms with Crippen molar-refractivity contribution >= 4 is 17.4 Å². The first-order valence-electron chi connectivity index (χ1n) is 5.11. The number of aromatic nitrogens is 3. The van der Waals surface area contributed by atoms with Gasteiger partial charge in [0, 0.05) is 11.8 Å². The number of ether oxygens (including phenoxy) is 1. The second kappa shape index (κ2) is 6.01. The Balaban J connectivity index is 1.79. The average molecular weight is 266 g/mol. The van der Waals surface area contributed by atoms with Gasteiger partial charge in [-0.15, -0.1) is 0 Å². The van der Waals surface area contributed by atoms with Gasteiger partial charge >= 0.3 is 0 Å². The van der Waals surface area contributed by atoms with E-state index in [0.29, 0.717) is 18.1 Å². The molecule has 2 rings (SSSR count). The van der Waals surface area contributed by atoms with E-state index in [9.17, 15) is 10.1 Å². The fraction of sp³-hybridized carbons (Fsp3) is 0.200. The number of hydrogen-bond acceptors (Lipinski definition) is 6.